The molecule has 2 aromatic rings. The predicted octanol–water partition coefficient (Wildman–Crippen LogP) is 3.41. The number of aromatic carboxylic acids is 1. The van der Waals surface area contributed by atoms with Crippen molar-refractivity contribution >= 4 is 17.6 Å². The van der Waals surface area contributed by atoms with E-state index in [2.05, 4.69) is 26.1 Å². The third-order valence-corrected chi connectivity index (χ3v) is 3.60. The molecule has 132 valence electrons. The number of phenols is 1. The number of carboxylic acid groups (broad SMARTS) is 1. The molecule has 0 atom stereocenters. The van der Waals surface area contributed by atoms with Gasteiger partial charge < -0.3 is 20.3 Å². The van der Waals surface area contributed by atoms with Crippen LogP contribution in [0, 0.1) is 0 Å². The fourth-order valence-corrected chi connectivity index (χ4v) is 2.18. The van der Waals surface area contributed by atoms with E-state index in [1.165, 1.54) is 18.2 Å². The number of carbonyl (C=O) groups excluding carboxylic acids is 1. The molecule has 0 aromatic heterocycles. The number of ether oxygens (including phenoxy) is 1. The maximum absolute atomic E-state index is 11.9. The molecule has 0 saturated carbocycles. The van der Waals surface area contributed by atoms with E-state index in [1.54, 1.807) is 12.1 Å². The summed E-state index contributed by atoms with van der Waals surface area (Å²) < 4.78 is 5.43. The van der Waals surface area contributed by atoms with Crippen LogP contribution >= 0.6 is 0 Å². The van der Waals surface area contributed by atoms with Crippen LogP contribution in [-0.2, 0) is 10.2 Å². The van der Waals surface area contributed by atoms with Gasteiger partial charge in [-0.25, -0.2) is 4.79 Å². The van der Waals surface area contributed by atoms with Crippen LogP contribution in [0.1, 0.15) is 36.7 Å². The van der Waals surface area contributed by atoms with Gasteiger partial charge in [0, 0.05) is 5.69 Å². The van der Waals surface area contributed by atoms with Crippen molar-refractivity contribution < 1.29 is 24.5 Å². The lowest BCUT2D eigenvalue weighted by molar-refractivity contribution is -0.118. The summed E-state index contributed by atoms with van der Waals surface area (Å²) in [6, 6.07) is 11.3. The van der Waals surface area contributed by atoms with Crippen LogP contribution in [0.25, 0.3) is 0 Å². The number of amides is 1. The number of hydrogen-bond acceptors (Lipinski definition) is 4. The number of carboxylic acids is 1. The van der Waals surface area contributed by atoms with Gasteiger partial charge in [-0.2, -0.15) is 0 Å². The Labute approximate surface area is 146 Å². The average molecular weight is 343 g/mol. The highest BCUT2D eigenvalue weighted by atomic mass is 16.5. The lowest BCUT2D eigenvalue weighted by atomic mass is 9.87. The van der Waals surface area contributed by atoms with Crippen molar-refractivity contribution in [3.05, 3.63) is 53.6 Å². The van der Waals surface area contributed by atoms with Crippen molar-refractivity contribution in [3.63, 3.8) is 0 Å². The first-order chi connectivity index (χ1) is 11.7. The van der Waals surface area contributed by atoms with Crippen LogP contribution < -0.4 is 10.1 Å². The fourth-order valence-electron chi connectivity index (χ4n) is 2.18. The Hall–Kier alpha value is -3.02. The largest absolute Gasteiger partial charge is 0.507 e. The van der Waals surface area contributed by atoms with E-state index in [0.717, 1.165) is 5.56 Å². The highest BCUT2D eigenvalue weighted by Gasteiger charge is 2.14. The van der Waals surface area contributed by atoms with Crippen LogP contribution in [0.15, 0.2) is 42.5 Å². The molecule has 2 aromatic carbocycles. The van der Waals surface area contributed by atoms with Crippen LogP contribution in [-0.4, -0.2) is 28.7 Å². The van der Waals surface area contributed by atoms with Gasteiger partial charge in [0.15, 0.2) is 6.61 Å². The lowest BCUT2D eigenvalue weighted by Gasteiger charge is -2.19. The monoisotopic (exact) mass is 343 g/mol. The molecule has 0 aliphatic rings. The highest BCUT2D eigenvalue weighted by molar-refractivity contribution is 5.96. The van der Waals surface area contributed by atoms with Crippen molar-refractivity contribution in [2.24, 2.45) is 0 Å². The summed E-state index contributed by atoms with van der Waals surface area (Å²) in [5.41, 5.74) is 1.19. The van der Waals surface area contributed by atoms with Gasteiger partial charge in [0.05, 0.1) is 0 Å². The maximum atomic E-state index is 11.9. The minimum absolute atomic E-state index is 0.0383. The normalized spacial score (nSPS) is 11.0. The third kappa shape index (κ3) is 4.97. The zero-order valence-electron chi connectivity index (χ0n) is 14.4. The summed E-state index contributed by atoms with van der Waals surface area (Å²) >= 11 is 0. The van der Waals surface area contributed by atoms with E-state index in [1.807, 2.05) is 12.1 Å². The fraction of sp³-hybridized carbons (Fsp3) is 0.263. The third-order valence-electron chi connectivity index (χ3n) is 3.60. The van der Waals surface area contributed by atoms with E-state index in [9.17, 15) is 14.7 Å². The van der Waals surface area contributed by atoms with E-state index >= 15 is 0 Å². The topological polar surface area (TPSA) is 95.9 Å². The molecule has 25 heavy (non-hydrogen) atoms. The van der Waals surface area contributed by atoms with Gasteiger partial charge in [-0.3, -0.25) is 4.79 Å². The predicted molar refractivity (Wildman–Crippen MR) is 94.3 cm³/mol. The van der Waals surface area contributed by atoms with Crippen molar-refractivity contribution in [1.82, 2.24) is 0 Å². The van der Waals surface area contributed by atoms with Crippen molar-refractivity contribution in [3.8, 4) is 11.5 Å². The number of rotatable bonds is 5. The molecule has 0 bridgehead atoms. The molecule has 0 heterocycles. The minimum Gasteiger partial charge on any atom is -0.507 e. The summed E-state index contributed by atoms with van der Waals surface area (Å²) in [6.07, 6.45) is 0. The van der Waals surface area contributed by atoms with Crippen LogP contribution in [0.3, 0.4) is 0 Å². The number of anilines is 1. The standard InChI is InChI=1S/C19H21NO5/c1-19(2,3)12-4-7-14(8-5-12)25-11-17(22)20-13-6-9-16(21)15(10-13)18(23)24/h4-10,21H,11H2,1-3H3,(H,20,22)(H,23,24). The summed E-state index contributed by atoms with van der Waals surface area (Å²) in [5, 5.41) is 20.9. The number of benzene rings is 2. The summed E-state index contributed by atoms with van der Waals surface area (Å²) in [5.74, 6) is -1.49. The van der Waals surface area contributed by atoms with Crippen molar-refractivity contribution in [1.29, 1.82) is 0 Å². The molecule has 0 aliphatic heterocycles. The van der Waals surface area contributed by atoms with Gasteiger partial charge in [0.25, 0.3) is 5.91 Å². The number of aromatic hydroxyl groups is 1. The highest BCUT2D eigenvalue weighted by Crippen LogP contribution is 2.24. The van der Waals surface area contributed by atoms with Gasteiger partial charge in [0.2, 0.25) is 0 Å². The van der Waals surface area contributed by atoms with Crippen molar-refractivity contribution in [2.45, 2.75) is 26.2 Å². The molecular weight excluding hydrogens is 322 g/mol. The Morgan fingerprint density at radius 3 is 2.28 bits per heavy atom. The maximum Gasteiger partial charge on any atom is 0.339 e. The minimum atomic E-state index is -1.27. The molecule has 0 unspecified atom stereocenters. The number of nitrogens with one attached hydrogen (secondary N) is 1. The van der Waals surface area contributed by atoms with Crippen molar-refractivity contribution in [2.75, 3.05) is 11.9 Å². The summed E-state index contributed by atoms with van der Waals surface area (Å²) in [4.78, 5) is 22.9. The van der Waals surface area contributed by atoms with E-state index in [-0.39, 0.29) is 29.0 Å². The molecule has 0 spiro atoms. The molecule has 6 heteroatoms. The second kappa shape index (κ2) is 7.25. The van der Waals surface area contributed by atoms with Gasteiger partial charge in [-0.15, -0.1) is 0 Å². The Bertz CT molecular complexity index is 775. The molecule has 0 fully saturated rings. The number of hydrogen-bond donors (Lipinski definition) is 3. The van der Waals surface area contributed by atoms with Gasteiger partial charge in [0.1, 0.15) is 17.1 Å². The average Bonchev–Trinajstić information content (AvgIpc) is 2.54. The molecular formula is C19H21NO5. The molecule has 3 N–H and O–H groups in total. The van der Waals surface area contributed by atoms with E-state index in [0.29, 0.717) is 5.75 Å². The first-order valence-corrected chi connectivity index (χ1v) is 7.76. The van der Waals surface area contributed by atoms with E-state index in [4.69, 9.17) is 9.84 Å². The Morgan fingerprint density at radius 1 is 1.08 bits per heavy atom. The molecule has 0 aliphatic carbocycles. The molecule has 0 radical (unpaired) electrons. The quantitative estimate of drug-likeness (QED) is 0.723. The molecule has 0 saturated heterocycles. The smallest absolute Gasteiger partial charge is 0.339 e. The Morgan fingerprint density at radius 2 is 1.72 bits per heavy atom. The zero-order valence-corrected chi connectivity index (χ0v) is 14.4. The lowest BCUT2D eigenvalue weighted by Crippen LogP contribution is -2.20. The van der Waals surface area contributed by atoms with Gasteiger partial charge in [-0.1, -0.05) is 32.9 Å². The first kappa shape index (κ1) is 18.3. The zero-order chi connectivity index (χ0) is 18.6. The van der Waals surface area contributed by atoms with Gasteiger partial charge in [-0.05, 0) is 41.3 Å². The number of carbonyl (C=O) groups is 2. The second-order valence-corrected chi connectivity index (χ2v) is 6.65. The summed E-state index contributed by atoms with van der Waals surface area (Å²) in [7, 11) is 0. The summed E-state index contributed by atoms with van der Waals surface area (Å²) in [6.45, 7) is 6.12. The Balaban J connectivity index is 1.95. The molecule has 1 amide bonds. The van der Waals surface area contributed by atoms with E-state index < -0.39 is 11.9 Å². The van der Waals surface area contributed by atoms with Crippen LogP contribution in [0.5, 0.6) is 11.5 Å². The second-order valence-electron chi connectivity index (χ2n) is 6.65. The molecule has 6 nitrogen and oxygen atoms in total. The Kier molecular flexibility index (Phi) is 5.32. The molecule has 2 rings (SSSR count). The van der Waals surface area contributed by atoms with Crippen LogP contribution in [0.2, 0.25) is 0 Å². The van der Waals surface area contributed by atoms with Gasteiger partial charge >= 0.3 is 5.97 Å². The van der Waals surface area contributed by atoms with Crippen LogP contribution in [0.4, 0.5) is 5.69 Å². The first-order valence-electron chi connectivity index (χ1n) is 7.76. The SMILES string of the molecule is CC(C)(C)c1ccc(OCC(=O)Nc2ccc(O)c(C(=O)O)c2)cc1.